The number of nitrogens with one attached hydrogen (secondary N) is 1. The van der Waals surface area contributed by atoms with E-state index in [-0.39, 0.29) is 11.7 Å². The van der Waals surface area contributed by atoms with E-state index in [2.05, 4.69) is 5.32 Å². The van der Waals surface area contributed by atoms with E-state index in [1.54, 1.807) is 31.2 Å². The van der Waals surface area contributed by atoms with Gasteiger partial charge >= 0.3 is 0 Å². The minimum atomic E-state index is -1.31. The number of carbonyl (C=O) groups is 1. The minimum absolute atomic E-state index is 0.127. The number of benzene rings is 2. The van der Waals surface area contributed by atoms with Gasteiger partial charge in [0.25, 0.3) is 0 Å². The molecule has 1 aliphatic rings. The molecule has 0 bridgehead atoms. The predicted octanol–water partition coefficient (Wildman–Crippen LogP) is 2.03. The summed E-state index contributed by atoms with van der Waals surface area (Å²) in [5.74, 6) is -0.107. The summed E-state index contributed by atoms with van der Waals surface area (Å²) in [4.78, 5) is 11.2. The van der Waals surface area contributed by atoms with Gasteiger partial charge in [0.1, 0.15) is 29.9 Å². The van der Waals surface area contributed by atoms with Crippen LogP contribution in [0.4, 0.5) is 4.39 Å². The van der Waals surface area contributed by atoms with Crippen LogP contribution in [0.15, 0.2) is 42.5 Å². The maximum Gasteiger partial charge on any atom is 0.229 e. The van der Waals surface area contributed by atoms with Crippen LogP contribution >= 0.6 is 0 Å². The lowest BCUT2D eigenvalue weighted by atomic mass is 9.97. The second kappa shape index (κ2) is 10.2. The number of hydrogen-bond acceptors (Lipinski definition) is 6. The van der Waals surface area contributed by atoms with Crippen LogP contribution in [0.3, 0.4) is 0 Å². The van der Waals surface area contributed by atoms with E-state index in [1.807, 2.05) is 6.07 Å². The third-order valence-electron chi connectivity index (χ3n) is 5.29. The number of ether oxygens (including phenoxy) is 3. The molecule has 1 heterocycles. The Morgan fingerprint density at radius 1 is 1.19 bits per heavy atom. The summed E-state index contributed by atoms with van der Waals surface area (Å²) in [7, 11) is 1.44. The minimum Gasteiger partial charge on any atom is -0.462 e. The smallest absolute Gasteiger partial charge is 0.229 e. The number of rotatable bonds is 7. The lowest BCUT2D eigenvalue weighted by Gasteiger charge is -2.40. The first-order valence-corrected chi connectivity index (χ1v) is 10.1. The molecule has 1 aliphatic heterocycles. The van der Waals surface area contributed by atoms with Gasteiger partial charge in [-0.2, -0.15) is 0 Å². The van der Waals surface area contributed by atoms with E-state index in [9.17, 15) is 19.4 Å². The number of hydrogen-bond donors (Lipinski definition) is 3. The zero-order valence-electron chi connectivity index (χ0n) is 17.7. The number of amides is 1. The van der Waals surface area contributed by atoms with Gasteiger partial charge in [0.15, 0.2) is 0 Å². The fourth-order valence-electron chi connectivity index (χ4n) is 3.71. The Balaban J connectivity index is 1.86. The van der Waals surface area contributed by atoms with Crippen LogP contribution < -0.4 is 10.1 Å². The second-order valence-electron chi connectivity index (χ2n) is 7.57. The molecule has 0 radical (unpaired) electrons. The Labute approximate surface area is 180 Å². The van der Waals surface area contributed by atoms with Crippen molar-refractivity contribution in [2.45, 2.75) is 51.0 Å². The van der Waals surface area contributed by atoms with E-state index < -0.39 is 30.7 Å². The molecule has 5 atom stereocenters. The maximum atomic E-state index is 13.8. The SMILES string of the molecule is CO[C@@H]1[C@@H](O)[C@@H](O)[C@H](Oc2ccc(CCNC(C)=O)c(-c3cccc(F)c3)c2)O[C@H]1C. The zero-order chi connectivity index (χ0) is 22.5. The van der Waals surface area contributed by atoms with Gasteiger partial charge in [-0.15, -0.1) is 0 Å². The van der Waals surface area contributed by atoms with E-state index in [4.69, 9.17) is 14.2 Å². The molecule has 0 aliphatic carbocycles. The van der Waals surface area contributed by atoms with Gasteiger partial charge in [-0.1, -0.05) is 18.2 Å². The summed E-state index contributed by atoms with van der Waals surface area (Å²) >= 11 is 0. The molecule has 168 valence electrons. The summed E-state index contributed by atoms with van der Waals surface area (Å²) in [6.45, 7) is 3.61. The molecule has 0 unspecified atom stereocenters. The highest BCUT2D eigenvalue weighted by Crippen LogP contribution is 2.31. The third-order valence-corrected chi connectivity index (χ3v) is 5.29. The van der Waals surface area contributed by atoms with Gasteiger partial charge in [-0.25, -0.2) is 4.39 Å². The zero-order valence-corrected chi connectivity index (χ0v) is 17.7. The van der Waals surface area contributed by atoms with Crippen LogP contribution in [-0.4, -0.2) is 60.5 Å². The Morgan fingerprint density at radius 3 is 2.65 bits per heavy atom. The summed E-state index contributed by atoms with van der Waals surface area (Å²) in [5.41, 5.74) is 2.28. The fourth-order valence-corrected chi connectivity index (χ4v) is 3.71. The second-order valence-corrected chi connectivity index (χ2v) is 7.57. The maximum absolute atomic E-state index is 13.8. The lowest BCUT2D eigenvalue weighted by Crippen LogP contribution is -2.58. The molecule has 31 heavy (non-hydrogen) atoms. The van der Waals surface area contributed by atoms with Crippen molar-refractivity contribution >= 4 is 5.91 Å². The highest BCUT2D eigenvalue weighted by Gasteiger charge is 2.44. The average molecular weight is 433 g/mol. The van der Waals surface area contributed by atoms with Crippen molar-refractivity contribution in [2.75, 3.05) is 13.7 Å². The van der Waals surface area contributed by atoms with Crippen LogP contribution in [0.2, 0.25) is 0 Å². The quantitative estimate of drug-likeness (QED) is 0.618. The molecule has 7 nitrogen and oxygen atoms in total. The van der Waals surface area contributed by atoms with Crippen LogP contribution in [0.25, 0.3) is 11.1 Å². The Bertz CT molecular complexity index is 907. The van der Waals surface area contributed by atoms with Crippen LogP contribution in [-0.2, 0) is 20.7 Å². The van der Waals surface area contributed by atoms with Gasteiger partial charge in [0.05, 0.1) is 6.10 Å². The van der Waals surface area contributed by atoms with Gasteiger partial charge in [0, 0.05) is 20.6 Å². The number of carbonyl (C=O) groups excluding carboxylic acids is 1. The Kier molecular flexibility index (Phi) is 7.61. The molecule has 2 aromatic carbocycles. The fraction of sp³-hybridized carbons (Fsp3) is 0.435. The highest BCUT2D eigenvalue weighted by atomic mass is 19.1. The normalized spacial score (nSPS) is 25.8. The van der Waals surface area contributed by atoms with E-state index >= 15 is 0 Å². The lowest BCUT2D eigenvalue weighted by molar-refractivity contribution is -0.272. The number of aliphatic hydroxyl groups excluding tert-OH is 2. The first kappa shape index (κ1) is 23.1. The van der Waals surface area contributed by atoms with E-state index in [0.29, 0.717) is 24.3 Å². The summed E-state index contributed by atoms with van der Waals surface area (Å²) in [6, 6.07) is 11.4. The topological polar surface area (TPSA) is 97.3 Å². The van der Waals surface area contributed by atoms with Gasteiger partial charge in [-0.3, -0.25) is 4.79 Å². The number of methoxy groups -OCH3 is 1. The van der Waals surface area contributed by atoms with Gasteiger partial charge in [0.2, 0.25) is 12.2 Å². The number of halogens is 1. The van der Waals surface area contributed by atoms with Crippen LogP contribution in [0.1, 0.15) is 19.4 Å². The number of aliphatic hydroxyl groups is 2. The molecule has 3 N–H and O–H groups in total. The molecule has 2 aromatic rings. The first-order valence-electron chi connectivity index (χ1n) is 10.1. The Morgan fingerprint density at radius 2 is 1.97 bits per heavy atom. The summed E-state index contributed by atoms with van der Waals surface area (Å²) < 4.78 is 30.6. The molecule has 1 amide bonds. The molecule has 1 fully saturated rings. The van der Waals surface area contributed by atoms with Crippen molar-refractivity contribution in [1.82, 2.24) is 5.32 Å². The van der Waals surface area contributed by atoms with Crippen molar-refractivity contribution < 1.29 is 33.6 Å². The molecule has 3 rings (SSSR count). The average Bonchev–Trinajstić information content (AvgIpc) is 2.73. The first-order chi connectivity index (χ1) is 14.8. The molecular weight excluding hydrogens is 405 g/mol. The molecule has 0 saturated carbocycles. The monoisotopic (exact) mass is 433 g/mol. The van der Waals surface area contributed by atoms with Gasteiger partial charge in [-0.05, 0) is 54.3 Å². The Hall–Kier alpha value is -2.52. The molecular formula is C23H28FNO6. The van der Waals surface area contributed by atoms with Crippen molar-refractivity contribution in [3.05, 3.63) is 53.8 Å². The molecule has 8 heteroatoms. The van der Waals surface area contributed by atoms with E-state index in [0.717, 1.165) is 11.1 Å². The van der Waals surface area contributed by atoms with Crippen LogP contribution in [0, 0.1) is 5.82 Å². The molecule has 0 spiro atoms. The van der Waals surface area contributed by atoms with Gasteiger partial charge < -0.3 is 29.7 Å². The molecule has 0 aromatic heterocycles. The van der Waals surface area contributed by atoms with E-state index in [1.165, 1.54) is 26.2 Å². The summed E-state index contributed by atoms with van der Waals surface area (Å²) in [5, 5.41) is 23.4. The van der Waals surface area contributed by atoms with Crippen molar-refractivity contribution in [2.24, 2.45) is 0 Å². The van der Waals surface area contributed by atoms with Crippen molar-refractivity contribution in [3.8, 4) is 16.9 Å². The van der Waals surface area contributed by atoms with Crippen molar-refractivity contribution in [3.63, 3.8) is 0 Å². The largest absolute Gasteiger partial charge is 0.462 e. The van der Waals surface area contributed by atoms with Crippen LogP contribution in [0.5, 0.6) is 5.75 Å². The standard InChI is InChI=1S/C23H28FNO6/c1-13-22(29-3)20(27)21(28)23(30-13)31-18-8-7-15(9-10-25-14(2)26)19(12-18)16-5-4-6-17(24)11-16/h4-8,11-13,20-23,27-28H,9-10H2,1-3H3,(H,25,26)/t13-,20-,21+,22-,23-/m0/s1. The van der Waals surface area contributed by atoms with Crippen molar-refractivity contribution in [1.29, 1.82) is 0 Å². The third kappa shape index (κ3) is 5.59. The molecule has 1 saturated heterocycles. The predicted molar refractivity (Wildman–Crippen MR) is 112 cm³/mol. The summed E-state index contributed by atoms with van der Waals surface area (Å²) in [6.07, 6.45) is -4.19. The highest BCUT2D eigenvalue weighted by molar-refractivity contribution is 5.73.